The first-order valence-corrected chi connectivity index (χ1v) is 11.1. The second-order valence-corrected chi connectivity index (χ2v) is 8.43. The molecule has 0 radical (unpaired) electrons. The van der Waals surface area contributed by atoms with Crippen molar-refractivity contribution in [1.29, 1.82) is 0 Å². The average molecular weight is 472 g/mol. The number of allylic oxidation sites excluding steroid dienone is 1. The number of carbonyl (C=O) groups is 1. The van der Waals surface area contributed by atoms with Gasteiger partial charge in [-0.15, -0.1) is 5.10 Å². The van der Waals surface area contributed by atoms with Gasteiger partial charge < -0.3 is 20.5 Å². The molecular weight excluding hydrogens is 450 g/mol. The normalized spacial score (nSPS) is 15.2. The highest BCUT2D eigenvalue weighted by Gasteiger charge is 2.35. The molecule has 1 aromatic heterocycles. The number of nitrogens with zero attached hydrogens (tertiary/aromatic N) is 3. The van der Waals surface area contributed by atoms with Gasteiger partial charge in [-0.3, -0.25) is 4.79 Å². The molecule has 0 saturated heterocycles. The Morgan fingerprint density at radius 2 is 2.03 bits per heavy atom. The number of primary amides is 1. The Morgan fingerprint density at radius 1 is 1.25 bits per heavy atom. The molecule has 32 heavy (non-hydrogen) atoms. The molecule has 1 aliphatic heterocycles. The molecule has 0 bridgehead atoms. The number of nitrogens with two attached hydrogens (primary N) is 1. The van der Waals surface area contributed by atoms with Gasteiger partial charge in [0.05, 0.1) is 19.8 Å². The Bertz CT molecular complexity index is 1210. The number of halogens is 1. The standard InChI is InChI=1S/C22H22ClN5O3S/c1-12-18(20(24)29)19(15-9-8-14(30-2)10-17(15)31-3)28-21(25-12)26-22(27-28)32-11-13-6-4-5-7-16(13)23/h4-10,19H,11H2,1-3H3,(H2,24,29)(H,25,26,27)/t19-/m1/s1. The number of amides is 1. The highest BCUT2D eigenvalue weighted by Crippen LogP contribution is 2.41. The highest BCUT2D eigenvalue weighted by atomic mass is 35.5. The summed E-state index contributed by atoms with van der Waals surface area (Å²) in [6, 6.07) is 12.4. The first kappa shape index (κ1) is 22.0. The predicted molar refractivity (Wildman–Crippen MR) is 124 cm³/mol. The molecule has 166 valence electrons. The molecule has 2 heterocycles. The number of carbonyl (C=O) groups excluding carboxylic acids is 1. The molecule has 0 saturated carbocycles. The second-order valence-electron chi connectivity index (χ2n) is 7.08. The van der Waals surface area contributed by atoms with E-state index >= 15 is 0 Å². The van der Waals surface area contributed by atoms with Crippen LogP contribution in [0.2, 0.25) is 5.02 Å². The number of benzene rings is 2. The Morgan fingerprint density at radius 3 is 2.72 bits per heavy atom. The van der Waals surface area contributed by atoms with Crippen LogP contribution < -0.4 is 20.5 Å². The number of ether oxygens (including phenoxy) is 2. The Hall–Kier alpha value is -3.17. The summed E-state index contributed by atoms with van der Waals surface area (Å²) in [6.07, 6.45) is 0. The number of fused-ring (bicyclic) bond motifs is 1. The smallest absolute Gasteiger partial charge is 0.248 e. The molecule has 4 rings (SSSR count). The molecule has 1 amide bonds. The number of rotatable bonds is 7. The van der Waals surface area contributed by atoms with Crippen LogP contribution in [0.1, 0.15) is 24.1 Å². The molecule has 1 aliphatic rings. The third-order valence-electron chi connectivity index (χ3n) is 5.15. The Balaban J connectivity index is 1.75. The number of nitrogens with one attached hydrogen (secondary N) is 1. The summed E-state index contributed by atoms with van der Waals surface area (Å²) in [5.74, 6) is 1.75. The minimum absolute atomic E-state index is 0.383. The van der Waals surface area contributed by atoms with Crippen molar-refractivity contribution in [2.75, 3.05) is 19.5 Å². The second kappa shape index (κ2) is 9.13. The van der Waals surface area contributed by atoms with E-state index in [1.54, 1.807) is 38.0 Å². The van der Waals surface area contributed by atoms with E-state index in [1.807, 2.05) is 30.3 Å². The SMILES string of the molecule is COc1ccc([C@@H]2C(C(N)=O)=C(C)Nc3nc(SCc4ccccc4Cl)nn32)c(OC)c1. The van der Waals surface area contributed by atoms with Crippen molar-refractivity contribution in [3.05, 3.63) is 69.9 Å². The summed E-state index contributed by atoms with van der Waals surface area (Å²) in [6.45, 7) is 1.79. The number of hydrogen-bond acceptors (Lipinski definition) is 7. The molecule has 10 heteroatoms. The van der Waals surface area contributed by atoms with Crippen molar-refractivity contribution in [3.63, 3.8) is 0 Å². The van der Waals surface area contributed by atoms with E-state index in [4.69, 9.17) is 26.8 Å². The van der Waals surface area contributed by atoms with Crippen LogP contribution in [0.3, 0.4) is 0 Å². The molecule has 0 fully saturated rings. The third-order valence-corrected chi connectivity index (χ3v) is 6.40. The van der Waals surface area contributed by atoms with Gasteiger partial charge in [-0.1, -0.05) is 41.6 Å². The largest absolute Gasteiger partial charge is 0.497 e. The van der Waals surface area contributed by atoms with Gasteiger partial charge in [0.15, 0.2) is 0 Å². The van der Waals surface area contributed by atoms with Gasteiger partial charge in [0.2, 0.25) is 17.0 Å². The molecule has 8 nitrogen and oxygen atoms in total. The van der Waals surface area contributed by atoms with E-state index < -0.39 is 11.9 Å². The van der Waals surface area contributed by atoms with Crippen LogP contribution in [0.25, 0.3) is 0 Å². The van der Waals surface area contributed by atoms with Crippen LogP contribution in [-0.4, -0.2) is 34.9 Å². The van der Waals surface area contributed by atoms with Gasteiger partial charge in [-0.05, 0) is 30.7 Å². The Labute approximate surface area is 194 Å². The fourth-order valence-electron chi connectivity index (χ4n) is 3.60. The van der Waals surface area contributed by atoms with Crippen LogP contribution in [0.5, 0.6) is 11.5 Å². The van der Waals surface area contributed by atoms with Gasteiger partial charge in [0.25, 0.3) is 0 Å². The van der Waals surface area contributed by atoms with Crippen molar-refractivity contribution in [3.8, 4) is 11.5 Å². The van der Waals surface area contributed by atoms with Crippen LogP contribution >= 0.6 is 23.4 Å². The molecule has 0 unspecified atom stereocenters. The van der Waals surface area contributed by atoms with Gasteiger partial charge in [-0.2, -0.15) is 4.98 Å². The van der Waals surface area contributed by atoms with Gasteiger partial charge in [0.1, 0.15) is 17.5 Å². The van der Waals surface area contributed by atoms with Gasteiger partial charge in [-0.25, -0.2) is 4.68 Å². The summed E-state index contributed by atoms with van der Waals surface area (Å²) in [5, 5.41) is 9.05. The highest BCUT2D eigenvalue weighted by molar-refractivity contribution is 7.98. The number of hydrogen-bond donors (Lipinski definition) is 2. The summed E-state index contributed by atoms with van der Waals surface area (Å²) in [4.78, 5) is 17.0. The third kappa shape index (κ3) is 4.13. The molecule has 0 aliphatic carbocycles. The lowest BCUT2D eigenvalue weighted by Gasteiger charge is -2.28. The zero-order chi connectivity index (χ0) is 22.8. The molecular formula is C22H22ClN5O3S. The van der Waals surface area contributed by atoms with Crippen LogP contribution in [0, 0.1) is 0 Å². The van der Waals surface area contributed by atoms with Crippen molar-refractivity contribution in [2.24, 2.45) is 5.73 Å². The van der Waals surface area contributed by atoms with Gasteiger partial charge >= 0.3 is 0 Å². The summed E-state index contributed by atoms with van der Waals surface area (Å²) in [5.41, 5.74) is 8.47. The van der Waals surface area contributed by atoms with Crippen LogP contribution in [-0.2, 0) is 10.5 Å². The molecule has 1 atom stereocenters. The number of methoxy groups -OCH3 is 2. The number of aromatic nitrogens is 3. The summed E-state index contributed by atoms with van der Waals surface area (Å²) >= 11 is 7.72. The van der Waals surface area contributed by atoms with Crippen molar-refractivity contribution < 1.29 is 14.3 Å². The van der Waals surface area contributed by atoms with E-state index in [9.17, 15) is 4.79 Å². The monoisotopic (exact) mass is 471 g/mol. The van der Waals surface area contributed by atoms with E-state index in [1.165, 1.54) is 11.8 Å². The maximum absolute atomic E-state index is 12.4. The minimum Gasteiger partial charge on any atom is -0.497 e. The summed E-state index contributed by atoms with van der Waals surface area (Å²) < 4.78 is 12.6. The van der Waals surface area contributed by atoms with E-state index in [0.29, 0.717) is 44.6 Å². The maximum Gasteiger partial charge on any atom is 0.248 e. The van der Waals surface area contributed by atoms with E-state index in [0.717, 1.165) is 11.1 Å². The zero-order valence-electron chi connectivity index (χ0n) is 17.8. The lowest BCUT2D eigenvalue weighted by Crippen LogP contribution is -2.32. The van der Waals surface area contributed by atoms with Gasteiger partial charge in [0, 0.05) is 28.1 Å². The first-order valence-electron chi connectivity index (χ1n) is 9.75. The predicted octanol–water partition coefficient (Wildman–Crippen LogP) is 4.02. The number of anilines is 1. The number of thioether (sulfide) groups is 1. The van der Waals surface area contributed by atoms with Crippen LogP contribution in [0.4, 0.5) is 5.95 Å². The quantitative estimate of drug-likeness (QED) is 0.501. The first-order chi connectivity index (χ1) is 15.4. The lowest BCUT2D eigenvalue weighted by atomic mass is 9.94. The molecule has 0 spiro atoms. The summed E-state index contributed by atoms with van der Waals surface area (Å²) in [7, 11) is 3.14. The van der Waals surface area contributed by atoms with Crippen LogP contribution in [0.15, 0.2) is 58.9 Å². The average Bonchev–Trinajstić information content (AvgIpc) is 3.19. The molecule has 3 aromatic rings. The molecule has 3 N–H and O–H groups in total. The van der Waals surface area contributed by atoms with Crippen molar-refractivity contribution >= 4 is 35.2 Å². The maximum atomic E-state index is 12.4. The topological polar surface area (TPSA) is 104 Å². The lowest BCUT2D eigenvalue weighted by molar-refractivity contribution is -0.115. The van der Waals surface area contributed by atoms with E-state index in [2.05, 4.69) is 15.4 Å². The molecule has 2 aromatic carbocycles. The van der Waals surface area contributed by atoms with E-state index in [-0.39, 0.29) is 0 Å². The van der Waals surface area contributed by atoms with Crippen molar-refractivity contribution in [2.45, 2.75) is 23.9 Å². The fraction of sp³-hybridized carbons (Fsp3) is 0.227. The zero-order valence-corrected chi connectivity index (χ0v) is 19.3. The van der Waals surface area contributed by atoms with Crippen molar-refractivity contribution in [1.82, 2.24) is 14.8 Å². The fourth-order valence-corrected chi connectivity index (χ4v) is 4.72. The Kier molecular flexibility index (Phi) is 6.29. The minimum atomic E-state index is -0.605.